The fourth-order valence-corrected chi connectivity index (χ4v) is 3.97. The minimum Gasteiger partial charge on any atom is -0.313 e. The van der Waals surface area contributed by atoms with Crippen molar-refractivity contribution in [3.63, 3.8) is 0 Å². The predicted molar refractivity (Wildman–Crippen MR) is 83.5 cm³/mol. The summed E-state index contributed by atoms with van der Waals surface area (Å²) in [5.41, 5.74) is 0.471. The Labute approximate surface area is 120 Å². The molecular weight excluding hydrogens is 232 g/mol. The van der Waals surface area contributed by atoms with Gasteiger partial charge in [-0.1, -0.05) is 34.6 Å². The lowest BCUT2D eigenvalue weighted by Gasteiger charge is -2.46. The van der Waals surface area contributed by atoms with Gasteiger partial charge >= 0.3 is 0 Å². The predicted octanol–water partition coefficient (Wildman–Crippen LogP) is 3.66. The third-order valence-corrected chi connectivity index (χ3v) is 5.31. The molecule has 2 aliphatic rings. The second kappa shape index (κ2) is 6.13. The first kappa shape index (κ1) is 15.3. The molecule has 0 aromatic rings. The smallest absolute Gasteiger partial charge is 0.0254 e. The molecule has 2 heteroatoms. The van der Waals surface area contributed by atoms with E-state index in [0.717, 1.165) is 30.6 Å². The van der Waals surface area contributed by atoms with E-state index in [2.05, 4.69) is 44.8 Å². The van der Waals surface area contributed by atoms with Crippen LogP contribution in [0.4, 0.5) is 0 Å². The van der Waals surface area contributed by atoms with Crippen LogP contribution in [0.15, 0.2) is 0 Å². The zero-order valence-corrected chi connectivity index (χ0v) is 13.7. The van der Waals surface area contributed by atoms with Crippen LogP contribution in [0.25, 0.3) is 0 Å². The third-order valence-electron chi connectivity index (χ3n) is 5.31. The van der Waals surface area contributed by atoms with E-state index in [9.17, 15) is 0 Å². The van der Waals surface area contributed by atoms with Gasteiger partial charge in [-0.2, -0.15) is 0 Å². The number of likely N-dealkylation sites (N-methyl/N-ethyl adjacent to an activating group) is 2. The van der Waals surface area contributed by atoms with Gasteiger partial charge in [0, 0.05) is 18.1 Å². The lowest BCUT2D eigenvalue weighted by Crippen LogP contribution is -2.55. The number of rotatable bonds is 5. The first-order chi connectivity index (χ1) is 8.97. The van der Waals surface area contributed by atoms with Gasteiger partial charge in [0.2, 0.25) is 0 Å². The Hall–Kier alpha value is -0.0800. The summed E-state index contributed by atoms with van der Waals surface area (Å²) in [7, 11) is 0. The van der Waals surface area contributed by atoms with Crippen LogP contribution in [0.3, 0.4) is 0 Å². The normalized spacial score (nSPS) is 32.8. The maximum absolute atomic E-state index is 3.76. The van der Waals surface area contributed by atoms with Crippen molar-refractivity contribution < 1.29 is 0 Å². The second-order valence-electron chi connectivity index (χ2n) is 7.67. The maximum atomic E-state index is 3.76. The van der Waals surface area contributed by atoms with E-state index in [1.165, 1.54) is 38.6 Å². The number of hydrogen-bond donors (Lipinski definition) is 1. The van der Waals surface area contributed by atoms with Gasteiger partial charge in [0.15, 0.2) is 0 Å². The van der Waals surface area contributed by atoms with Crippen molar-refractivity contribution in [2.75, 3.05) is 13.1 Å². The SMILES string of the molecule is CCNC1CCC(C(C)(C)C)CC1N(CC)C1CC1. The molecule has 2 rings (SSSR count). The molecule has 0 amide bonds. The monoisotopic (exact) mass is 266 g/mol. The minimum absolute atomic E-state index is 0.471. The van der Waals surface area contributed by atoms with Crippen LogP contribution in [-0.4, -0.2) is 36.1 Å². The second-order valence-corrected chi connectivity index (χ2v) is 7.67. The Balaban J connectivity index is 2.07. The number of hydrogen-bond acceptors (Lipinski definition) is 2. The molecule has 2 fully saturated rings. The average Bonchev–Trinajstić information content (AvgIpc) is 3.15. The van der Waals surface area contributed by atoms with Gasteiger partial charge in [0.05, 0.1) is 0 Å². The Morgan fingerprint density at radius 3 is 2.21 bits per heavy atom. The molecule has 0 saturated heterocycles. The van der Waals surface area contributed by atoms with Crippen molar-refractivity contribution >= 4 is 0 Å². The summed E-state index contributed by atoms with van der Waals surface area (Å²) >= 11 is 0. The van der Waals surface area contributed by atoms with Gasteiger partial charge in [0.1, 0.15) is 0 Å². The van der Waals surface area contributed by atoms with Crippen LogP contribution >= 0.6 is 0 Å². The molecule has 0 aromatic heterocycles. The molecule has 19 heavy (non-hydrogen) atoms. The largest absolute Gasteiger partial charge is 0.313 e. The van der Waals surface area contributed by atoms with E-state index in [1.54, 1.807) is 0 Å². The Kier molecular flexibility index (Phi) is 4.94. The van der Waals surface area contributed by atoms with Gasteiger partial charge in [-0.25, -0.2) is 0 Å². The van der Waals surface area contributed by atoms with Gasteiger partial charge in [0.25, 0.3) is 0 Å². The fraction of sp³-hybridized carbons (Fsp3) is 1.00. The molecule has 0 bridgehead atoms. The van der Waals surface area contributed by atoms with Crippen molar-refractivity contribution in [3.05, 3.63) is 0 Å². The summed E-state index contributed by atoms with van der Waals surface area (Å²) in [6, 6.07) is 2.40. The third kappa shape index (κ3) is 3.72. The Morgan fingerprint density at radius 1 is 1.05 bits per heavy atom. The summed E-state index contributed by atoms with van der Waals surface area (Å²) in [5, 5.41) is 3.76. The fourth-order valence-electron chi connectivity index (χ4n) is 3.97. The molecule has 3 atom stereocenters. The van der Waals surface area contributed by atoms with Crippen LogP contribution in [0.1, 0.15) is 66.7 Å². The first-order valence-electron chi connectivity index (χ1n) is 8.46. The van der Waals surface area contributed by atoms with Crippen LogP contribution in [-0.2, 0) is 0 Å². The Morgan fingerprint density at radius 2 is 1.74 bits per heavy atom. The van der Waals surface area contributed by atoms with Crippen LogP contribution < -0.4 is 5.32 Å². The number of nitrogens with one attached hydrogen (secondary N) is 1. The van der Waals surface area contributed by atoms with Crippen molar-refractivity contribution in [2.45, 2.75) is 84.8 Å². The molecular formula is C17H34N2. The highest BCUT2D eigenvalue weighted by Crippen LogP contribution is 2.41. The van der Waals surface area contributed by atoms with Gasteiger partial charge < -0.3 is 5.32 Å². The van der Waals surface area contributed by atoms with Crippen molar-refractivity contribution in [3.8, 4) is 0 Å². The molecule has 0 aliphatic heterocycles. The van der Waals surface area contributed by atoms with E-state index in [1.807, 2.05) is 0 Å². The molecule has 2 saturated carbocycles. The topological polar surface area (TPSA) is 15.3 Å². The highest BCUT2D eigenvalue weighted by molar-refractivity contribution is 4.98. The summed E-state index contributed by atoms with van der Waals surface area (Å²) in [6.07, 6.45) is 7.03. The molecule has 2 aliphatic carbocycles. The van der Waals surface area contributed by atoms with E-state index < -0.39 is 0 Å². The zero-order valence-electron chi connectivity index (χ0n) is 13.7. The van der Waals surface area contributed by atoms with Gasteiger partial charge in [-0.3, -0.25) is 4.90 Å². The molecule has 0 heterocycles. The highest BCUT2D eigenvalue weighted by atomic mass is 15.2. The molecule has 112 valence electrons. The van der Waals surface area contributed by atoms with E-state index in [4.69, 9.17) is 0 Å². The van der Waals surface area contributed by atoms with E-state index in [-0.39, 0.29) is 0 Å². The van der Waals surface area contributed by atoms with Crippen molar-refractivity contribution in [1.82, 2.24) is 10.2 Å². The molecule has 0 radical (unpaired) electrons. The number of nitrogens with zero attached hydrogens (tertiary/aromatic N) is 1. The van der Waals surface area contributed by atoms with E-state index >= 15 is 0 Å². The molecule has 0 aromatic carbocycles. The molecule has 2 nitrogen and oxygen atoms in total. The van der Waals surface area contributed by atoms with Crippen molar-refractivity contribution in [2.24, 2.45) is 11.3 Å². The average molecular weight is 266 g/mol. The molecule has 1 N–H and O–H groups in total. The maximum Gasteiger partial charge on any atom is 0.0254 e. The summed E-state index contributed by atoms with van der Waals surface area (Å²) < 4.78 is 0. The lowest BCUT2D eigenvalue weighted by atomic mass is 9.69. The lowest BCUT2D eigenvalue weighted by molar-refractivity contribution is 0.0568. The summed E-state index contributed by atoms with van der Waals surface area (Å²) in [4.78, 5) is 2.81. The van der Waals surface area contributed by atoms with Gasteiger partial charge in [-0.05, 0) is 56.5 Å². The van der Waals surface area contributed by atoms with Gasteiger partial charge in [-0.15, -0.1) is 0 Å². The first-order valence-corrected chi connectivity index (χ1v) is 8.46. The summed E-state index contributed by atoms with van der Waals surface area (Å²) in [5.74, 6) is 0.889. The minimum atomic E-state index is 0.471. The molecule has 0 spiro atoms. The summed E-state index contributed by atoms with van der Waals surface area (Å²) in [6.45, 7) is 14.2. The van der Waals surface area contributed by atoms with E-state index in [0.29, 0.717) is 5.41 Å². The standard InChI is InChI=1S/C17H34N2/c1-6-18-15-11-8-13(17(3,4)5)12-16(15)19(7-2)14-9-10-14/h13-16,18H,6-12H2,1-5H3. The van der Waals surface area contributed by atoms with Crippen LogP contribution in [0.5, 0.6) is 0 Å². The molecule has 3 unspecified atom stereocenters. The van der Waals surface area contributed by atoms with Crippen LogP contribution in [0, 0.1) is 11.3 Å². The quantitative estimate of drug-likeness (QED) is 0.817. The van der Waals surface area contributed by atoms with Crippen LogP contribution in [0.2, 0.25) is 0 Å². The Bertz CT molecular complexity index is 277. The highest BCUT2D eigenvalue weighted by Gasteiger charge is 2.41. The van der Waals surface area contributed by atoms with Crippen molar-refractivity contribution in [1.29, 1.82) is 0 Å². The zero-order chi connectivity index (χ0) is 14.0.